The van der Waals surface area contributed by atoms with Gasteiger partial charge in [0.1, 0.15) is 0 Å². The van der Waals surface area contributed by atoms with Crippen LogP contribution in [0.1, 0.15) is 18.4 Å². The van der Waals surface area contributed by atoms with Gasteiger partial charge in [0.25, 0.3) is 0 Å². The molecule has 0 aromatic heterocycles. The van der Waals surface area contributed by atoms with E-state index in [-0.39, 0.29) is 5.54 Å². The first kappa shape index (κ1) is 9.97. The molecule has 0 aliphatic carbocycles. The van der Waals surface area contributed by atoms with E-state index in [4.69, 9.17) is 17.3 Å². The molecule has 1 heterocycles. The van der Waals surface area contributed by atoms with Crippen LogP contribution in [0.3, 0.4) is 0 Å². The van der Waals surface area contributed by atoms with Crippen LogP contribution in [0.5, 0.6) is 0 Å². The fraction of sp³-hybridized carbons (Fsp3) is 0.455. The Kier molecular flexibility index (Phi) is 2.77. The van der Waals surface area contributed by atoms with E-state index in [1.165, 1.54) is 0 Å². The summed E-state index contributed by atoms with van der Waals surface area (Å²) in [4.78, 5) is 0. The summed E-state index contributed by atoms with van der Waals surface area (Å²) in [5.74, 6) is 0. The average molecular weight is 211 g/mol. The number of rotatable bonds is 1. The number of benzene rings is 1. The maximum atomic E-state index is 6.33. The van der Waals surface area contributed by atoms with Crippen LogP contribution < -0.4 is 11.1 Å². The zero-order chi connectivity index (χ0) is 10.0. The quantitative estimate of drug-likeness (QED) is 0.743. The third-order valence-electron chi connectivity index (χ3n) is 2.82. The van der Waals surface area contributed by atoms with Gasteiger partial charge < -0.3 is 11.1 Å². The Morgan fingerprint density at radius 3 is 2.93 bits per heavy atom. The summed E-state index contributed by atoms with van der Waals surface area (Å²) in [7, 11) is 0. The largest absolute Gasteiger partial charge is 0.320 e. The highest BCUT2D eigenvalue weighted by atomic mass is 35.5. The lowest BCUT2D eigenvalue weighted by Gasteiger charge is -2.34. The Morgan fingerprint density at radius 1 is 1.43 bits per heavy atom. The zero-order valence-electron chi connectivity index (χ0n) is 8.09. The summed E-state index contributed by atoms with van der Waals surface area (Å²) in [6.45, 7) is 1.91. The molecule has 1 atom stereocenters. The molecular weight excluding hydrogens is 196 g/mol. The van der Waals surface area contributed by atoms with Crippen molar-refractivity contribution in [2.24, 2.45) is 5.73 Å². The number of piperidine rings is 1. The summed E-state index contributed by atoms with van der Waals surface area (Å²) in [6.07, 6.45) is 2.16. The Labute approximate surface area is 89.4 Å². The lowest BCUT2D eigenvalue weighted by molar-refractivity contribution is 0.322. The van der Waals surface area contributed by atoms with Gasteiger partial charge in [0.05, 0.1) is 5.54 Å². The maximum Gasteiger partial charge on any atom is 0.0537 e. The highest BCUT2D eigenvalue weighted by Gasteiger charge is 2.29. The average Bonchev–Trinajstić information content (AvgIpc) is 2.19. The standard InChI is InChI=1S/C11H15ClN2/c12-10-4-1-3-9(7-10)11(13)5-2-6-14-8-11/h1,3-4,7,14H,2,5-6,8,13H2. The molecule has 1 saturated heterocycles. The third-order valence-corrected chi connectivity index (χ3v) is 3.05. The summed E-state index contributed by atoms with van der Waals surface area (Å²) in [5, 5.41) is 4.09. The minimum Gasteiger partial charge on any atom is -0.320 e. The molecule has 0 saturated carbocycles. The SMILES string of the molecule is NC1(c2cccc(Cl)c2)CCCNC1. The van der Waals surface area contributed by atoms with Crippen molar-refractivity contribution in [1.82, 2.24) is 5.32 Å². The molecule has 3 heteroatoms. The van der Waals surface area contributed by atoms with E-state index in [1.807, 2.05) is 18.2 Å². The molecule has 76 valence electrons. The first-order chi connectivity index (χ1) is 6.71. The first-order valence-electron chi connectivity index (χ1n) is 4.96. The molecule has 1 aromatic rings. The van der Waals surface area contributed by atoms with E-state index in [0.29, 0.717) is 0 Å². The highest BCUT2D eigenvalue weighted by molar-refractivity contribution is 6.30. The smallest absolute Gasteiger partial charge is 0.0537 e. The molecule has 2 nitrogen and oxygen atoms in total. The highest BCUT2D eigenvalue weighted by Crippen LogP contribution is 2.27. The monoisotopic (exact) mass is 210 g/mol. The number of hydrogen-bond donors (Lipinski definition) is 2. The normalized spacial score (nSPS) is 27.6. The van der Waals surface area contributed by atoms with Crippen LogP contribution in [0.25, 0.3) is 0 Å². The van der Waals surface area contributed by atoms with Gasteiger partial charge in [0.15, 0.2) is 0 Å². The van der Waals surface area contributed by atoms with E-state index >= 15 is 0 Å². The number of halogens is 1. The molecule has 0 bridgehead atoms. The van der Waals surface area contributed by atoms with Crippen molar-refractivity contribution >= 4 is 11.6 Å². The third kappa shape index (κ3) is 1.92. The van der Waals surface area contributed by atoms with Crippen molar-refractivity contribution in [2.75, 3.05) is 13.1 Å². The topological polar surface area (TPSA) is 38.0 Å². The summed E-state index contributed by atoms with van der Waals surface area (Å²) in [5.41, 5.74) is 7.23. The van der Waals surface area contributed by atoms with E-state index in [0.717, 1.165) is 36.5 Å². The Morgan fingerprint density at radius 2 is 2.29 bits per heavy atom. The van der Waals surface area contributed by atoms with Crippen molar-refractivity contribution in [2.45, 2.75) is 18.4 Å². The van der Waals surface area contributed by atoms with Crippen LogP contribution in [0, 0.1) is 0 Å². The molecule has 1 aromatic carbocycles. The van der Waals surface area contributed by atoms with Crippen molar-refractivity contribution < 1.29 is 0 Å². The minimum absolute atomic E-state index is 0.233. The van der Waals surface area contributed by atoms with Crippen molar-refractivity contribution in [3.8, 4) is 0 Å². The first-order valence-corrected chi connectivity index (χ1v) is 5.34. The van der Waals surface area contributed by atoms with Gasteiger partial charge in [0, 0.05) is 11.6 Å². The van der Waals surface area contributed by atoms with Crippen LogP contribution in [-0.4, -0.2) is 13.1 Å². The Balaban J connectivity index is 2.28. The van der Waals surface area contributed by atoms with Gasteiger partial charge >= 0.3 is 0 Å². The summed E-state index contributed by atoms with van der Waals surface area (Å²) in [6, 6.07) is 7.86. The number of hydrogen-bond acceptors (Lipinski definition) is 2. The number of nitrogens with one attached hydrogen (secondary N) is 1. The van der Waals surface area contributed by atoms with Gasteiger partial charge in [-0.1, -0.05) is 23.7 Å². The second-order valence-electron chi connectivity index (χ2n) is 3.95. The molecule has 0 radical (unpaired) electrons. The lowest BCUT2D eigenvalue weighted by atomic mass is 9.84. The van der Waals surface area contributed by atoms with E-state index < -0.39 is 0 Å². The molecule has 0 spiro atoms. The van der Waals surface area contributed by atoms with Crippen LogP contribution >= 0.6 is 11.6 Å². The fourth-order valence-electron chi connectivity index (χ4n) is 1.97. The van der Waals surface area contributed by atoms with Gasteiger partial charge in [0.2, 0.25) is 0 Å². The van der Waals surface area contributed by atoms with Gasteiger partial charge in [-0.25, -0.2) is 0 Å². The molecule has 3 N–H and O–H groups in total. The number of nitrogens with two attached hydrogens (primary N) is 1. The molecule has 14 heavy (non-hydrogen) atoms. The Hall–Kier alpha value is -0.570. The van der Waals surface area contributed by atoms with Crippen molar-refractivity contribution in [1.29, 1.82) is 0 Å². The second-order valence-corrected chi connectivity index (χ2v) is 4.38. The van der Waals surface area contributed by atoms with E-state index in [9.17, 15) is 0 Å². The fourth-order valence-corrected chi connectivity index (χ4v) is 2.16. The molecule has 1 fully saturated rings. The molecule has 2 rings (SSSR count). The van der Waals surface area contributed by atoms with Crippen molar-refractivity contribution in [3.05, 3.63) is 34.9 Å². The molecule has 0 amide bonds. The van der Waals surface area contributed by atoms with Crippen LogP contribution in [0.4, 0.5) is 0 Å². The van der Waals surface area contributed by atoms with E-state index in [2.05, 4.69) is 11.4 Å². The molecule has 1 aliphatic heterocycles. The van der Waals surface area contributed by atoms with Gasteiger partial charge in [-0.2, -0.15) is 0 Å². The summed E-state index contributed by atoms with van der Waals surface area (Å²) < 4.78 is 0. The van der Waals surface area contributed by atoms with E-state index in [1.54, 1.807) is 0 Å². The van der Waals surface area contributed by atoms with Crippen LogP contribution in [0.15, 0.2) is 24.3 Å². The maximum absolute atomic E-state index is 6.33. The lowest BCUT2D eigenvalue weighted by Crippen LogP contribution is -2.49. The zero-order valence-corrected chi connectivity index (χ0v) is 8.85. The van der Waals surface area contributed by atoms with Gasteiger partial charge in [-0.05, 0) is 37.1 Å². The van der Waals surface area contributed by atoms with Gasteiger partial charge in [-0.15, -0.1) is 0 Å². The second kappa shape index (κ2) is 3.89. The molecule has 1 aliphatic rings. The van der Waals surface area contributed by atoms with Crippen molar-refractivity contribution in [3.63, 3.8) is 0 Å². The predicted molar refractivity (Wildman–Crippen MR) is 59.4 cm³/mol. The van der Waals surface area contributed by atoms with Crippen LogP contribution in [0.2, 0.25) is 5.02 Å². The molecular formula is C11H15ClN2. The Bertz CT molecular complexity index is 319. The molecule has 1 unspecified atom stereocenters. The minimum atomic E-state index is -0.233. The predicted octanol–water partition coefficient (Wildman–Crippen LogP) is 1.88. The van der Waals surface area contributed by atoms with Gasteiger partial charge in [-0.3, -0.25) is 0 Å². The van der Waals surface area contributed by atoms with Crippen LogP contribution in [-0.2, 0) is 5.54 Å². The summed E-state index contributed by atoms with van der Waals surface area (Å²) >= 11 is 5.95.